The first-order valence-corrected chi connectivity index (χ1v) is 9.40. The number of esters is 1. The van der Waals surface area contributed by atoms with Crippen LogP contribution >= 0.6 is 11.3 Å². The highest BCUT2D eigenvalue weighted by Gasteiger charge is 2.20. The van der Waals surface area contributed by atoms with Gasteiger partial charge >= 0.3 is 5.97 Å². The molecule has 0 aliphatic rings. The van der Waals surface area contributed by atoms with E-state index in [1.54, 1.807) is 17.5 Å². The van der Waals surface area contributed by atoms with E-state index in [-0.39, 0.29) is 5.78 Å². The molecule has 8 heteroatoms. The van der Waals surface area contributed by atoms with Crippen molar-refractivity contribution in [3.8, 4) is 0 Å². The third kappa shape index (κ3) is 4.90. The molecule has 0 saturated heterocycles. The van der Waals surface area contributed by atoms with Crippen LogP contribution in [0, 0.1) is 0 Å². The first-order valence-electron chi connectivity index (χ1n) is 6.63. The summed E-state index contributed by atoms with van der Waals surface area (Å²) in [4.78, 5) is 24.5. The largest absolute Gasteiger partial charge is 0.450 e. The molecule has 2 aromatic rings. The Morgan fingerprint density at radius 2 is 1.83 bits per heavy atom. The number of carbonyl (C=O) groups excluding carboxylic acids is 2. The molecule has 23 heavy (non-hydrogen) atoms. The maximum atomic E-state index is 12.2. The van der Waals surface area contributed by atoms with Crippen molar-refractivity contribution in [3.05, 3.63) is 52.2 Å². The fourth-order valence-electron chi connectivity index (χ4n) is 1.82. The summed E-state index contributed by atoms with van der Waals surface area (Å²) >= 11 is 1.24. The molecule has 0 aliphatic heterocycles. The number of ketones is 1. The standard InChI is InChI=1S/C15H15NO5S2/c1-10(21-15(18)13-4-3-9-22-13)14(17)11-5-7-12(8-6-11)16-23(2,19)20/h3-10,16H,1-2H3/t10-/m0/s1. The summed E-state index contributed by atoms with van der Waals surface area (Å²) in [5.41, 5.74) is 0.683. The first kappa shape index (κ1) is 17.2. The fourth-order valence-corrected chi connectivity index (χ4v) is 2.99. The van der Waals surface area contributed by atoms with Crippen molar-refractivity contribution < 1.29 is 22.7 Å². The van der Waals surface area contributed by atoms with Crippen LogP contribution in [0.2, 0.25) is 0 Å². The van der Waals surface area contributed by atoms with Crippen LogP contribution in [-0.2, 0) is 14.8 Å². The van der Waals surface area contributed by atoms with Gasteiger partial charge in [0.1, 0.15) is 4.88 Å². The van der Waals surface area contributed by atoms with E-state index in [9.17, 15) is 18.0 Å². The molecule has 0 saturated carbocycles. The van der Waals surface area contributed by atoms with Gasteiger partial charge in [0.05, 0.1) is 6.26 Å². The minimum Gasteiger partial charge on any atom is -0.450 e. The predicted molar refractivity (Wildman–Crippen MR) is 88.4 cm³/mol. The molecule has 0 amide bonds. The van der Waals surface area contributed by atoms with E-state index in [0.29, 0.717) is 16.1 Å². The van der Waals surface area contributed by atoms with Crippen molar-refractivity contribution in [1.29, 1.82) is 0 Å². The smallest absolute Gasteiger partial charge is 0.349 e. The number of sulfonamides is 1. The molecule has 1 aromatic heterocycles. The zero-order valence-corrected chi connectivity index (χ0v) is 14.1. The molecule has 0 bridgehead atoms. The second kappa shape index (κ2) is 6.93. The Bertz CT molecular complexity index is 795. The zero-order valence-electron chi connectivity index (χ0n) is 12.5. The highest BCUT2D eigenvalue weighted by atomic mass is 32.2. The topological polar surface area (TPSA) is 89.5 Å². The maximum Gasteiger partial charge on any atom is 0.349 e. The van der Waals surface area contributed by atoms with Crippen LogP contribution < -0.4 is 4.72 Å². The van der Waals surface area contributed by atoms with Gasteiger partial charge in [0.2, 0.25) is 15.8 Å². The second-order valence-electron chi connectivity index (χ2n) is 4.84. The molecular formula is C15H15NO5S2. The Hall–Kier alpha value is -2.19. The van der Waals surface area contributed by atoms with E-state index in [1.807, 2.05) is 0 Å². The number of hydrogen-bond acceptors (Lipinski definition) is 6. The third-order valence-electron chi connectivity index (χ3n) is 2.85. The molecule has 0 radical (unpaired) electrons. The molecule has 1 aromatic carbocycles. The fraction of sp³-hybridized carbons (Fsp3) is 0.200. The average molecular weight is 353 g/mol. The molecule has 0 fully saturated rings. The molecule has 2 rings (SSSR count). The number of Topliss-reactive ketones (excluding diaryl/α,β-unsaturated/α-hetero) is 1. The lowest BCUT2D eigenvalue weighted by Crippen LogP contribution is -2.24. The van der Waals surface area contributed by atoms with Crippen LogP contribution in [0.25, 0.3) is 0 Å². The van der Waals surface area contributed by atoms with Crippen LogP contribution in [0.4, 0.5) is 5.69 Å². The normalized spacial score (nSPS) is 12.4. The van der Waals surface area contributed by atoms with Gasteiger partial charge < -0.3 is 4.74 Å². The molecule has 1 N–H and O–H groups in total. The van der Waals surface area contributed by atoms with Crippen LogP contribution in [0.15, 0.2) is 41.8 Å². The summed E-state index contributed by atoms with van der Waals surface area (Å²) in [7, 11) is -3.37. The van der Waals surface area contributed by atoms with Gasteiger partial charge in [0.15, 0.2) is 6.10 Å². The number of rotatable bonds is 6. The van der Waals surface area contributed by atoms with E-state index >= 15 is 0 Å². The number of nitrogens with one attached hydrogen (secondary N) is 1. The number of benzene rings is 1. The lowest BCUT2D eigenvalue weighted by molar-refractivity contribution is 0.0323. The molecule has 0 aliphatic carbocycles. The van der Waals surface area contributed by atoms with Gasteiger partial charge in [-0.2, -0.15) is 0 Å². The van der Waals surface area contributed by atoms with Gasteiger partial charge in [-0.3, -0.25) is 9.52 Å². The summed E-state index contributed by atoms with van der Waals surface area (Å²) in [6.07, 6.45) is 0.108. The Balaban J connectivity index is 2.03. The molecule has 122 valence electrons. The molecule has 1 heterocycles. The number of anilines is 1. The highest BCUT2D eigenvalue weighted by Crippen LogP contribution is 2.15. The van der Waals surface area contributed by atoms with Crippen LogP contribution in [0.1, 0.15) is 27.0 Å². The predicted octanol–water partition coefficient (Wildman–Crippen LogP) is 2.55. The van der Waals surface area contributed by atoms with Crippen molar-refractivity contribution >= 4 is 38.8 Å². The van der Waals surface area contributed by atoms with Gasteiger partial charge in [0.25, 0.3) is 0 Å². The Morgan fingerprint density at radius 3 is 2.35 bits per heavy atom. The van der Waals surface area contributed by atoms with E-state index in [1.165, 1.54) is 42.5 Å². The quantitative estimate of drug-likeness (QED) is 0.637. The summed E-state index contributed by atoms with van der Waals surface area (Å²) < 4.78 is 29.7. The highest BCUT2D eigenvalue weighted by molar-refractivity contribution is 7.92. The van der Waals surface area contributed by atoms with Crippen LogP contribution in [-0.4, -0.2) is 32.5 Å². The van der Waals surface area contributed by atoms with Crippen LogP contribution in [0.3, 0.4) is 0 Å². The average Bonchev–Trinajstić information content (AvgIpc) is 3.00. The molecule has 0 unspecified atom stereocenters. The van der Waals surface area contributed by atoms with E-state index in [2.05, 4.69) is 4.72 Å². The van der Waals surface area contributed by atoms with Gasteiger partial charge in [-0.05, 0) is 42.6 Å². The summed E-state index contributed by atoms with van der Waals surface area (Å²) in [6, 6.07) is 9.25. The minimum atomic E-state index is -3.37. The van der Waals surface area contributed by atoms with Crippen molar-refractivity contribution in [1.82, 2.24) is 0 Å². The lowest BCUT2D eigenvalue weighted by Gasteiger charge is -2.12. The van der Waals surface area contributed by atoms with Gasteiger partial charge in [-0.15, -0.1) is 11.3 Å². The SMILES string of the molecule is C[C@H](OC(=O)c1cccs1)C(=O)c1ccc(NS(C)(=O)=O)cc1. The number of thiophene rings is 1. The second-order valence-corrected chi connectivity index (χ2v) is 7.54. The van der Waals surface area contributed by atoms with Crippen molar-refractivity contribution in [3.63, 3.8) is 0 Å². The molecular weight excluding hydrogens is 338 g/mol. The number of ether oxygens (including phenoxy) is 1. The summed E-state index contributed by atoms with van der Waals surface area (Å²) in [5.74, 6) is -0.906. The Morgan fingerprint density at radius 1 is 1.17 bits per heavy atom. The number of hydrogen-bond donors (Lipinski definition) is 1. The number of carbonyl (C=O) groups is 2. The third-order valence-corrected chi connectivity index (χ3v) is 4.30. The van der Waals surface area contributed by atoms with Crippen LogP contribution in [0.5, 0.6) is 0 Å². The van der Waals surface area contributed by atoms with E-state index in [4.69, 9.17) is 4.74 Å². The van der Waals surface area contributed by atoms with Crippen molar-refractivity contribution in [2.24, 2.45) is 0 Å². The maximum absolute atomic E-state index is 12.2. The minimum absolute atomic E-state index is 0.329. The van der Waals surface area contributed by atoms with Gasteiger partial charge in [-0.25, -0.2) is 13.2 Å². The zero-order chi connectivity index (χ0) is 17.0. The summed E-state index contributed by atoms with van der Waals surface area (Å²) in [5, 5.41) is 1.75. The lowest BCUT2D eigenvalue weighted by atomic mass is 10.1. The van der Waals surface area contributed by atoms with E-state index in [0.717, 1.165) is 6.26 Å². The van der Waals surface area contributed by atoms with Crippen molar-refractivity contribution in [2.45, 2.75) is 13.0 Å². The molecule has 0 spiro atoms. The summed E-state index contributed by atoms with van der Waals surface area (Å²) in [6.45, 7) is 1.50. The molecule has 6 nitrogen and oxygen atoms in total. The van der Waals surface area contributed by atoms with Gasteiger partial charge in [-0.1, -0.05) is 6.07 Å². The Kier molecular flexibility index (Phi) is 5.17. The first-order chi connectivity index (χ1) is 10.8. The van der Waals surface area contributed by atoms with Crippen molar-refractivity contribution in [2.75, 3.05) is 11.0 Å². The van der Waals surface area contributed by atoms with E-state index < -0.39 is 22.1 Å². The Labute approximate surface area is 138 Å². The molecule has 1 atom stereocenters. The van der Waals surface area contributed by atoms with Gasteiger partial charge in [0, 0.05) is 11.3 Å². The monoisotopic (exact) mass is 353 g/mol.